The molecule has 2 aliphatic heterocycles. The minimum atomic E-state index is -3.88. The van der Waals surface area contributed by atoms with Crippen molar-refractivity contribution in [3.63, 3.8) is 0 Å². The number of thioether (sulfide) groups is 1. The Hall–Kier alpha value is 0.936. The summed E-state index contributed by atoms with van der Waals surface area (Å²) in [5.74, 6) is 1.92. The summed E-state index contributed by atoms with van der Waals surface area (Å²) in [6.45, 7) is 0.616. The van der Waals surface area contributed by atoms with Crippen LogP contribution in [-0.2, 0) is 10.1 Å². The van der Waals surface area contributed by atoms with Gasteiger partial charge in [-0.05, 0) is 43.4 Å². The fourth-order valence-electron chi connectivity index (χ4n) is 3.48. The second-order valence-electron chi connectivity index (χ2n) is 6.91. The van der Waals surface area contributed by atoms with Crippen molar-refractivity contribution in [1.29, 1.82) is 0 Å². The molecule has 1 aromatic heterocycles. The fraction of sp³-hybridized carbons (Fsp3) is 0.667. The number of thiophene rings is 1. The van der Waals surface area contributed by atoms with Crippen molar-refractivity contribution in [3.05, 3.63) is 22.2 Å². The van der Waals surface area contributed by atoms with Gasteiger partial charge in [0.25, 0.3) is 10.1 Å². The predicted molar refractivity (Wildman–Crippen MR) is 108 cm³/mol. The van der Waals surface area contributed by atoms with E-state index in [1.807, 2.05) is 10.8 Å². The normalized spacial score (nSPS) is 22.4. The molecule has 148 valence electrons. The van der Waals surface area contributed by atoms with Crippen LogP contribution in [0.25, 0.3) is 0 Å². The van der Waals surface area contributed by atoms with E-state index in [1.54, 1.807) is 23.1 Å². The first-order chi connectivity index (χ1) is 12.5. The minimum absolute atomic E-state index is 0. The van der Waals surface area contributed by atoms with Crippen LogP contribution in [-0.4, -0.2) is 36.7 Å². The Morgan fingerprint density at radius 2 is 2.04 bits per heavy atom. The molecule has 2 aliphatic rings. The smallest absolute Gasteiger partial charge is 1.00 e. The van der Waals surface area contributed by atoms with Crippen molar-refractivity contribution < 1.29 is 75.3 Å². The molecule has 3 unspecified atom stereocenters. The molecule has 5 nitrogen and oxygen atoms in total. The van der Waals surface area contributed by atoms with Gasteiger partial charge in [-0.15, -0.1) is 23.1 Å². The molecule has 3 heterocycles. The SMILES string of the molecule is O=S(=O)(O)CCC(CCCCCC1COc2cscc2O1)C1CC=CS1.[H-].[K+]. The van der Waals surface area contributed by atoms with Crippen molar-refractivity contribution in [2.75, 3.05) is 12.4 Å². The average molecular weight is 459 g/mol. The van der Waals surface area contributed by atoms with Crippen molar-refractivity contribution in [1.82, 2.24) is 0 Å². The van der Waals surface area contributed by atoms with Crippen molar-refractivity contribution in [3.8, 4) is 11.5 Å². The maximum absolute atomic E-state index is 11.1. The summed E-state index contributed by atoms with van der Waals surface area (Å²) in [5.41, 5.74) is 0. The van der Waals surface area contributed by atoms with Gasteiger partial charge in [-0.25, -0.2) is 0 Å². The molecule has 0 saturated heterocycles. The zero-order valence-corrected chi connectivity index (χ0v) is 21.3. The zero-order valence-electron chi connectivity index (χ0n) is 16.7. The minimum Gasteiger partial charge on any atom is -1.00 e. The molecule has 27 heavy (non-hydrogen) atoms. The Bertz CT molecular complexity index is 702. The molecule has 0 saturated carbocycles. The topological polar surface area (TPSA) is 72.8 Å². The van der Waals surface area contributed by atoms with Crippen molar-refractivity contribution >= 4 is 33.2 Å². The number of rotatable bonds is 10. The second-order valence-corrected chi connectivity index (χ2v) is 10.4. The molecule has 9 heteroatoms. The van der Waals surface area contributed by atoms with E-state index in [0.717, 1.165) is 50.0 Å². The van der Waals surface area contributed by atoms with Gasteiger partial charge in [0, 0.05) is 16.0 Å². The van der Waals surface area contributed by atoms with E-state index in [1.165, 1.54) is 0 Å². The fourth-order valence-corrected chi connectivity index (χ4v) is 5.89. The van der Waals surface area contributed by atoms with E-state index in [2.05, 4.69) is 11.5 Å². The van der Waals surface area contributed by atoms with Crippen LogP contribution in [0.5, 0.6) is 11.5 Å². The molecule has 0 fully saturated rings. The summed E-state index contributed by atoms with van der Waals surface area (Å²) < 4.78 is 42.8. The molecule has 1 N–H and O–H groups in total. The monoisotopic (exact) mass is 458 g/mol. The summed E-state index contributed by atoms with van der Waals surface area (Å²) in [4.78, 5) is 0. The van der Waals surface area contributed by atoms with E-state index < -0.39 is 10.1 Å². The molecular formula is C18H27KO5S3. The van der Waals surface area contributed by atoms with Crippen LogP contribution >= 0.6 is 23.1 Å². The maximum Gasteiger partial charge on any atom is 1.00 e. The Labute approximate surface area is 214 Å². The molecular weight excluding hydrogens is 431 g/mol. The number of hydrogen-bond donors (Lipinski definition) is 1. The van der Waals surface area contributed by atoms with Gasteiger partial charge < -0.3 is 10.9 Å². The first kappa shape index (κ1) is 24.2. The zero-order chi connectivity index (χ0) is 18.4. The third kappa shape index (κ3) is 8.29. The molecule has 0 bridgehead atoms. The number of ether oxygens (including phenoxy) is 2. The molecule has 0 spiro atoms. The number of fused-ring (bicyclic) bond motifs is 1. The average Bonchev–Trinajstić information content (AvgIpc) is 3.27. The van der Waals surface area contributed by atoms with Crippen LogP contribution in [0.15, 0.2) is 22.2 Å². The van der Waals surface area contributed by atoms with Crippen LogP contribution in [0.1, 0.15) is 46.4 Å². The van der Waals surface area contributed by atoms with Crippen molar-refractivity contribution in [2.24, 2.45) is 5.92 Å². The van der Waals surface area contributed by atoms with E-state index in [0.29, 0.717) is 24.2 Å². The first-order valence-corrected chi connectivity index (χ1v) is 12.6. The molecule has 1 aromatic rings. The van der Waals surface area contributed by atoms with E-state index >= 15 is 0 Å². The Morgan fingerprint density at radius 1 is 1.22 bits per heavy atom. The molecule has 0 amide bonds. The van der Waals surface area contributed by atoms with Crippen LogP contribution in [0, 0.1) is 5.92 Å². The number of hydrogen-bond acceptors (Lipinski definition) is 6. The van der Waals surface area contributed by atoms with Gasteiger partial charge in [0.15, 0.2) is 11.5 Å². The van der Waals surface area contributed by atoms with E-state index in [9.17, 15) is 8.42 Å². The molecule has 0 aromatic carbocycles. The predicted octanol–water partition coefficient (Wildman–Crippen LogP) is 1.87. The van der Waals surface area contributed by atoms with Crippen LogP contribution in [0.3, 0.4) is 0 Å². The standard InChI is InChI=1S/C18H26O5S3.K.H/c19-26(20,21)10-8-14(18-7-4-9-25-18)5-2-1-3-6-15-11-22-16-12-24-13-17(16)23-15;;/h4,9,12-15,18H,1-3,5-8,10-11H2,(H,19,20,21);;/q;+1;-1. The quantitative estimate of drug-likeness (QED) is 0.328. The van der Waals surface area contributed by atoms with Gasteiger partial charge >= 0.3 is 51.4 Å². The van der Waals surface area contributed by atoms with Crippen LogP contribution in [0.2, 0.25) is 0 Å². The summed E-state index contributed by atoms with van der Waals surface area (Å²) in [5, 5.41) is 6.50. The van der Waals surface area contributed by atoms with Gasteiger partial charge in [0.1, 0.15) is 12.7 Å². The van der Waals surface area contributed by atoms with E-state index in [-0.39, 0.29) is 64.7 Å². The second kappa shape index (κ2) is 12.0. The third-order valence-corrected chi connectivity index (χ3v) is 7.63. The number of allylic oxidation sites excluding steroid dienone is 1. The Morgan fingerprint density at radius 3 is 2.78 bits per heavy atom. The van der Waals surface area contributed by atoms with Crippen LogP contribution < -0.4 is 60.9 Å². The third-order valence-electron chi connectivity index (χ3n) is 4.90. The van der Waals surface area contributed by atoms with Gasteiger partial charge in [0.05, 0.1) is 5.75 Å². The summed E-state index contributed by atoms with van der Waals surface area (Å²) in [7, 11) is -3.88. The summed E-state index contributed by atoms with van der Waals surface area (Å²) in [6.07, 6.45) is 9.05. The number of unbranched alkanes of at least 4 members (excludes halogenated alkanes) is 2. The largest absolute Gasteiger partial charge is 1.00 e. The maximum atomic E-state index is 11.1. The summed E-state index contributed by atoms with van der Waals surface area (Å²) >= 11 is 3.38. The van der Waals surface area contributed by atoms with Gasteiger partial charge in [-0.2, -0.15) is 8.42 Å². The summed E-state index contributed by atoms with van der Waals surface area (Å²) in [6, 6.07) is 0. The first-order valence-electron chi connectivity index (χ1n) is 9.12. The van der Waals surface area contributed by atoms with Gasteiger partial charge in [-0.1, -0.05) is 18.9 Å². The molecule has 3 atom stereocenters. The Kier molecular flexibility index (Phi) is 10.7. The van der Waals surface area contributed by atoms with Gasteiger partial charge in [0.2, 0.25) is 0 Å². The Balaban J connectivity index is 0.00000196. The van der Waals surface area contributed by atoms with Crippen molar-refractivity contribution in [2.45, 2.75) is 56.3 Å². The molecule has 0 aliphatic carbocycles. The van der Waals surface area contributed by atoms with Crippen LogP contribution in [0.4, 0.5) is 0 Å². The van der Waals surface area contributed by atoms with Gasteiger partial charge in [-0.3, -0.25) is 4.55 Å². The molecule has 3 rings (SSSR count). The molecule has 0 radical (unpaired) electrons. The van der Waals surface area contributed by atoms with E-state index in [4.69, 9.17) is 14.0 Å².